The largest absolute Gasteiger partial charge is 0.354 e. The van der Waals surface area contributed by atoms with Crippen LogP contribution in [0.4, 0.5) is 5.69 Å². The van der Waals surface area contributed by atoms with E-state index < -0.39 is 0 Å². The lowest BCUT2D eigenvalue weighted by Gasteiger charge is -2.23. The second-order valence-electron chi connectivity index (χ2n) is 4.66. The molecule has 0 saturated heterocycles. The zero-order valence-electron chi connectivity index (χ0n) is 12.1. The van der Waals surface area contributed by atoms with Gasteiger partial charge in [-0.2, -0.15) is 0 Å². The molecular formula is C15H22N2O2. The summed E-state index contributed by atoms with van der Waals surface area (Å²) in [5.74, 6) is -0.0103. The van der Waals surface area contributed by atoms with Crippen LogP contribution in [0.25, 0.3) is 0 Å². The van der Waals surface area contributed by atoms with Gasteiger partial charge >= 0.3 is 0 Å². The fourth-order valence-electron chi connectivity index (χ4n) is 1.89. The number of carbonyl (C=O) groups is 2. The van der Waals surface area contributed by atoms with Gasteiger partial charge in [0.1, 0.15) is 0 Å². The molecule has 1 aromatic rings. The van der Waals surface area contributed by atoms with Crippen LogP contribution in [0.3, 0.4) is 0 Å². The van der Waals surface area contributed by atoms with Crippen molar-refractivity contribution in [3.63, 3.8) is 0 Å². The first-order valence-electron chi connectivity index (χ1n) is 6.57. The maximum absolute atomic E-state index is 11.8. The number of rotatable bonds is 5. The number of carbonyl (C=O) groups excluding carboxylic acids is 2. The molecule has 2 amide bonds. The van der Waals surface area contributed by atoms with Gasteiger partial charge < -0.3 is 10.2 Å². The van der Waals surface area contributed by atoms with Gasteiger partial charge in [0.2, 0.25) is 11.8 Å². The second-order valence-corrected chi connectivity index (χ2v) is 4.66. The fourth-order valence-corrected chi connectivity index (χ4v) is 1.89. The van der Waals surface area contributed by atoms with Gasteiger partial charge in [-0.1, -0.05) is 19.1 Å². The predicted molar refractivity (Wildman–Crippen MR) is 77.2 cm³/mol. The molecule has 0 spiro atoms. The summed E-state index contributed by atoms with van der Waals surface area (Å²) in [6.45, 7) is 8.30. The van der Waals surface area contributed by atoms with Gasteiger partial charge in [0, 0.05) is 32.1 Å². The Morgan fingerprint density at radius 3 is 2.53 bits per heavy atom. The topological polar surface area (TPSA) is 49.4 Å². The molecule has 0 unspecified atom stereocenters. The summed E-state index contributed by atoms with van der Waals surface area (Å²) < 4.78 is 0. The molecule has 0 radical (unpaired) electrons. The van der Waals surface area contributed by atoms with Crippen LogP contribution in [0, 0.1) is 13.8 Å². The molecule has 0 saturated carbocycles. The number of benzene rings is 1. The van der Waals surface area contributed by atoms with Crippen LogP contribution >= 0.6 is 0 Å². The molecule has 1 aromatic carbocycles. The van der Waals surface area contributed by atoms with Crippen molar-refractivity contribution >= 4 is 17.5 Å². The maximum atomic E-state index is 11.8. The minimum absolute atomic E-state index is 0.00414. The molecule has 0 fully saturated rings. The lowest BCUT2D eigenvalue weighted by molar-refractivity contribution is -0.121. The summed E-state index contributed by atoms with van der Waals surface area (Å²) in [6, 6.07) is 6.03. The Morgan fingerprint density at radius 2 is 1.95 bits per heavy atom. The number of aryl methyl sites for hydroxylation is 2. The Bertz CT molecular complexity index is 469. The van der Waals surface area contributed by atoms with E-state index in [1.54, 1.807) is 11.8 Å². The van der Waals surface area contributed by atoms with Crippen LogP contribution in [-0.2, 0) is 9.59 Å². The maximum Gasteiger partial charge on any atom is 0.223 e. The van der Waals surface area contributed by atoms with Gasteiger partial charge in [-0.05, 0) is 31.0 Å². The van der Waals surface area contributed by atoms with Gasteiger partial charge in [-0.3, -0.25) is 9.59 Å². The zero-order chi connectivity index (χ0) is 14.4. The summed E-state index contributed by atoms with van der Waals surface area (Å²) in [5.41, 5.74) is 3.09. The highest BCUT2D eigenvalue weighted by Gasteiger charge is 2.13. The highest BCUT2D eigenvalue weighted by Crippen LogP contribution is 2.21. The molecule has 0 atom stereocenters. The SMILES string of the molecule is CCC(=O)NCCN(C(C)=O)c1cc(C)ccc1C. The van der Waals surface area contributed by atoms with Crippen molar-refractivity contribution in [2.45, 2.75) is 34.1 Å². The molecule has 0 aliphatic heterocycles. The van der Waals surface area contributed by atoms with Crippen LogP contribution in [0.15, 0.2) is 18.2 Å². The van der Waals surface area contributed by atoms with E-state index in [-0.39, 0.29) is 11.8 Å². The highest BCUT2D eigenvalue weighted by molar-refractivity contribution is 5.92. The van der Waals surface area contributed by atoms with Gasteiger partial charge in [0.15, 0.2) is 0 Å². The number of amides is 2. The van der Waals surface area contributed by atoms with E-state index >= 15 is 0 Å². The first-order valence-corrected chi connectivity index (χ1v) is 6.57. The Morgan fingerprint density at radius 1 is 1.26 bits per heavy atom. The van der Waals surface area contributed by atoms with Crippen molar-refractivity contribution in [2.75, 3.05) is 18.0 Å². The smallest absolute Gasteiger partial charge is 0.223 e. The Labute approximate surface area is 114 Å². The number of hydrogen-bond acceptors (Lipinski definition) is 2. The summed E-state index contributed by atoms with van der Waals surface area (Å²) in [6.07, 6.45) is 0.462. The summed E-state index contributed by atoms with van der Waals surface area (Å²) >= 11 is 0. The summed E-state index contributed by atoms with van der Waals surface area (Å²) in [7, 11) is 0. The van der Waals surface area contributed by atoms with Crippen molar-refractivity contribution in [3.8, 4) is 0 Å². The molecule has 19 heavy (non-hydrogen) atoms. The van der Waals surface area contributed by atoms with Crippen LogP contribution in [-0.4, -0.2) is 24.9 Å². The predicted octanol–water partition coefficient (Wildman–Crippen LogP) is 2.18. The van der Waals surface area contributed by atoms with E-state index in [9.17, 15) is 9.59 Å². The van der Waals surface area contributed by atoms with E-state index in [1.165, 1.54) is 0 Å². The first kappa shape index (κ1) is 15.2. The van der Waals surface area contributed by atoms with Crippen molar-refractivity contribution < 1.29 is 9.59 Å². The van der Waals surface area contributed by atoms with Gasteiger partial charge in [0.25, 0.3) is 0 Å². The molecular weight excluding hydrogens is 240 g/mol. The molecule has 4 heteroatoms. The first-order chi connectivity index (χ1) is 8.95. The number of nitrogens with zero attached hydrogens (tertiary/aromatic N) is 1. The number of anilines is 1. The van der Waals surface area contributed by atoms with Crippen LogP contribution in [0.2, 0.25) is 0 Å². The number of nitrogens with one attached hydrogen (secondary N) is 1. The monoisotopic (exact) mass is 262 g/mol. The standard InChI is InChI=1S/C15H22N2O2/c1-5-15(19)16-8-9-17(13(4)18)14-10-11(2)6-7-12(14)3/h6-7,10H,5,8-9H2,1-4H3,(H,16,19). The highest BCUT2D eigenvalue weighted by atomic mass is 16.2. The molecule has 0 aliphatic rings. The van der Waals surface area contributed by atoms with Crippen LogP contribution in [0.5, 0.6) is 0 Å². The zero-order valence-corrected chi connectivity index (χ0v) is 12.1. The van der Waals surface area contributed by atoms with Crippen molar-refractivity contribution in [1.82, 2.24) is 5.32 Å². The lowest BCUT2D eigenvalue weighted by atomic mass is 10.1. The van der Waals surface area contributed by atoms with Crippen molar-refractivity contribution in [3.05, 3.63) is 29.3 Å². The molecule has 104 valence electrons. The Kier molecular flexibility index (Phi) is 5.55. The average Bonchev–Trinajstić information content (AvgIpc) is 2.37. The third-order valence-corrected chi connectivity index (χ3v) is 3.01. The molecule has 4 nitrogen and oxygen atoms in total. The van der Waals surface area contributed by atoms with E-state index in [0.717, 1.165) is 16.8 Å². The van der Waals surface area contributed by atoms with Gasteiger partial charge in [-0.15, -0.1) is 0 Å². The van der Waals surface area contributed by atoms with E-state index in [2.05, 4.69) is 5.32 Å². The van der Waals surface area contributed by atoms with Crippen molar-refractivity contribution in [2.24, 2.45) is 0 Å². The average molecular weight is 262 g/mol. The normalized spacial score (nSPS) is 10.1. The van der Waals surface area contributed by atoms with Crippen LogP contribution in [0.1, 0.15) is 31.4 Å². The Hall–Kier alpha value is -1.84. The quantitative estimate of drug-likeness (QED) is 0.884. The molecule has 0 aromatic heterocycles. The molecule has 1 rings (SSSR count). The van der Waals surface area contributed by atoms with Gasteiger partial charge in [-0.25, -0.2) is 0 Å². The minimum atomic E-state index is -0.0144. The molecule has 1 N–H and O–H groups in total. The summed E-state index contributed by atoms with van der Waals surface area (Å²) in [5, 5.41) is 2.79. The van der Waals surface area contributed by atoms with E-state index in [1.807, 2.05) is 39.0 Å². The van der Waals surface area contributed by atoms with E-state index in [4.69, 9.17) is 0 Å². The third-order valence-electron chi connectivity index (χ3n) is 3.01. The summed E-state index contributed by atoms with van der Waals surface area (Å²) in [4.78, 5) is 24.7. The minimum Gasteiger partial charge on any atom is -0.354 e. The number of hydrogen-bond donors (Lipinski definition) is 1. The van der Waals surface area contributed by atoms with Gasteiger partial charge in [0.05, 0.1) is 0 Å². The molecule has 0 bridgehead atoms. The third kappa shape index (κ3) is 4.39. The van der Waals surface area contributed by atoms with Crippen LogP contribution < -0.4 is 10.2 Å². The molecule has 0 heterocycles. The van der Waals surface area contributed by atoms with Crippen molar-refractivity contribution in [1.29, 1.82) is 0 Å². The van der Waals surface area contributed by atoms with E-state index in [0.29, 0.717) is 19.5 Å². The Balaban J connectivity index is 2.80. The lowest BCUT2D eigenvalue weighted by Crippen LogP contribution is -2.37. The molecule has 0 aliphatic carbocycles. The second kappa shape index (κ2) is 6.92. The fraction of sp³-hybridized carbons (Fsp3) is 0.467.